The van der Waals surface area contributed by atoms with Crippen LogP contribution in [0.1, 0.15) is 12.0 Å². The summed E-state index contributed by atoms with van der Waals surface area (Å²) in [6.45, 7) is 5.46. The van der Waals surface area contributed by atoms with Crippen LogP contribution in [0.3, 0.4) is 0 Å². The van der Waals surface area contributed by atoms with Gasteiger partial charge in [-0.1, -0.05) is 6.07 Å². The van der Waals surface area contributed by atoms with Gasteiger partial charge in [0.2, 0.25) is 5.91 Å². The number of nitrogens with one attached hydrogen (secondary N) is 2. The van der Waals surface area contributed by atoms with Crippen molar-refractivity contribution in [3.05, 3.63) is 29.8 Å². The van der Waals surface area contributed by atoms with Crippen LogP contribution in [0.25, 0.3) is 0 Å². The molecular formula is C16H22F3N3O2. The molecule has 1 aromatic rings. The number of hydrogen-bond acceptors (Lipinski definition) is 4. The number of carbonyl (C=O) groups excluding carboxylic acids is 1. The summed E-state index contributed by atoms with van der Waals surface area (Å²) in [5.74, 6) is -0.312. The Hall–Kier alpha value is -1.64. The highest BCUT2D eigenvalue weighted by Gasteiger charge is 2.30. The lowest BCUT2D eigenvalue weighted by Crippen LogP contribution is -2.40. The van der Waals surface area contributed by atoms with E-state index < -0.39 is 11.7 Å². The number of hydrogen-bond donors (Lipinski definition) is 2. The number of alkyl halides is 3. The first kappa shape index (κ1) is 18.7. The zero-order valence-corrected chi connectivity index (χ0v) is 13.4. The predicted molar refractivity (Wildman–Crippen MR) is 84.8 cm³/mol. The van der Waals surface area contributed by atoms with Gasteiger partial charge in [-0.15, -0.1) is 0 Å². The third-order valence-electron chi connectivity index (χ3n) is 3.71. The zero-order chi connectivity index (χ0) is 17.4. The Morgan fingerprint density at radius 2 is 1.96 bits per heavy atom. The van der Waals surface area contributed by atoms with Crippen molar-refractivity contribution in [1.82, 2.24) is 10.2 Å². The van der Waals surface area contributed by atoms with E-state index in [0.717, 1.165) is 51.5 Å². The molecule has 8 heteroatoms. The molecule has 1 heterocycles. The molecule has 2 rings (SSSR count). The fourth-order valence-corrected chi connectivity index (χ4v) is 2.39. The average molecular weight is 345 g/mol. The number of rotatable bonds is 7. The third-order valence-corrected chi connectivity index (χ3v) is 3.71. The molecule has 2 N–H and O–H groups in total. The van der Waals surface area contributed by atoms with Crippen molar-refractivity contribution >= 4 is 11.6 Å². The molecule has 1 aliphatic heterocycles. The van der Waals surface area contributed by atoms with Gasteiger partial charge in [-0.05, 0) is 18.2 Å². The van der Waals surface area contributed by atoms with E-state index in [0.29, 0.717) is 6.54 Å². The molecule has 0 radical (unpaired) electrons. The maximum absolute atomic E-state index is 12.6. The molecule has 0 aromatic heterocycles. The van der Waals surface area contributed by atoms with Gasteiger partial charge < -0.3 is 15.4 Å². The van der Waals surface area contributed by atoms with E-state index >= 15 is 0 Å². The summed E-state index contributed by atoms with van der Waals surface area (Å²) in [5.41, 5.74) is -0.618. The highest BCUT2D eigenvalue weighted by molar-refractivity contribution is 5.90. The third kappa shape index (κ3) is 6.46. The summed E-state index contributed by atoms with van der Waals surface area (Å²) in [6, 6.07) is 4.63. The van der Waals surface area contributed by atoms with Gasteiger partial charge in [0, 0.05) is 44.8 Å². The molecule has 24 heavy (non-hydrogen) atoms. The number of morpholine rings is 1. The van der Waals surface area contributed by atoms with Crippen molar-refractivity contribution in [2.75, 3.05) is 51.3 Å². The summed E-state index contributed by atoms with van der Waals surface area (Å²) < 4.78 is 43.1. The second-order valence-corrected chi connectivity index (χ2v) is 5.58. The summed E-state index contributed by atoms with van der Waals surface area (Å²) in [7, 11) is 0. The lowest BCUT2D eigenvalue weighted by Gasteiger charge is -2.26. The molecule has 0 spiro atoms. The average Bonchev–Trinajstić information content (AvgIpc) is 2.55. The minimum Gasteiger partial charge on any atom is -0.379 e. The maximum Gasteiger partial charge on any atom is 0.416 e. The molecule has 1 aliphatic rings. The molecule has 0 bridgehead atoms. The van der Waals surface area contributed by atoms with E-state index in [-0.39, 0.29) is 18.0 Å². The molecule has 0 aliphatic carbocycles. The first-order valence-corrected chi connectivity index (χ1v) is 7.93. The highest BCUT2D eigenvalue weighted by Crippen LogP contribution is 2.30. The SMILES string of the molecule is O=C(CCNCCN1CCOCC1)Nc1cccc(C(F)(F)F)c1. The van der Waals surface area contributed by atoms with Crippen LogP contribution in [0.4, 0.5) is 18.9 Å². The smallest absolute Gasteiger partial charge is 0.379 e. The van der Waals surface area contributed by atoms with E-state index in [4.69, 9.17) is 4.74 Å². The van der Waals surface area contributed by atoms with Crippen molar-refractivity contribution < 1.29 is 22.7 Å². The first-order chi connectivity index (χ1) is 11.4. The second-order valence-electron chi connectivity index (χ2n) is 5.58. The Labute approximate surface area is 139 Å². The van der Waals surface area contributed by atoms with Crippen LogP contribution in [0, 0.1) is 0 Å². The Balaban J connectivity index is 1.64. The van der Waals surface area contributed by atoms with Crippen LogP contribution in [0.15, 0.2) is 24.3 Å². The van der Waals surface area contributed by atoms with Gasteiger partial charge in [-0.2, -0.15) is 13.2 Å². The molecule has 1 fully saturated rings. The maximum atomic E-state index is 12.6. The van der Waals surface area contributed by atoms with Crippen molar-refractivity contribution in [2.24, 2.45) is 0 Å². The van der Waals surface area contributed by atoms with Crippen molar-refractivity contribution in [3.8, 4) is 0 Å². The second kappa shape index (κ2) is 9.00. The molecule has 5 nitrogen and oxygen atoms in total. The lowest BCUT2D eigenvalue weighted by atomic mass is 10.2. The van der Waals surface area contributed by atoms with Crippen molar-refractivity contribution in [3.63, 3.8) is 0 Å². The first-order valence-electron chi connectivity index (χ1n) is 7.93. The van der Waals surface area contributed by atoms with E-state index in [2.05, 4.69) is 15.5 Å². The highest BCUT2D eigenvalue weighted by atomic mass is 19.4. The van der Waals surface area contributed by atoms with Gasteiger partial charge in [0.1, 0.15) is 0 Å². The fraction of sp³-hybridized carbons (Fsp3) is 0.562. The fourth-order valence-electron chi connectivity index (χ4n) is 2.39. The van der Waals surface area contributed by atoms with Crippen LogP contribution < -0.4 is 10.6 Å². The van der Waals surface area contributed by atoms with Crippen LogP contribution in [0.5, 0.6) is 0 Å². The topological polar surface area (TPSA) is 53.6 Å². The number of carbonyl (C=O) groups is 1. The molecule has 0 atom stereocenters. The molecular weight excluding hydrogens is 323 g/mol. The van der Waals surface area contributed by atoms with Gasteiger partial charge in [0.25, 0.3) is 0 Å². The Bertz CT molecular complexity index is 532. The van der Waals surface area contributed by atoms with Gasteiger partial charge in [-0.3, -0.25) is 9.69 Å². The standard InChI is InChI=1S/C16H22F3N3O2/c17-16(18,19)13-2-1-3-14(12-13)21-15(23)4-5-20-6-7-22-8-10-24-11-9-22/h1-3,12,20H,4-11H2,(H,21,23). The van der Waals surface area contributed by atoms with E-state index in [1.54, 1.807) is 0 Å². The van der Waals surface area contributed by atoms with Gasteiger partial charge >= 0.3 is 6.18 Å². The largest absolute Gasteiger partial charge is 0.416 e. The van der Waals surface area contributed by atoms with Crippen LogP contribution in [-0.2, 0) is 15.7 Å². The normalized spacial score (nSPS) is 16.1. The number of anilines is 1. The van der Waals surface area contributed by atoms with E-state index in [1.165, 1.54) is 12.1 Å². The van der Waals surface area contributed by atoms with Crippen LogP contribution in [-0.4, -0.2) is 56.7 Å². The molecule has 1 aromatic carbocycles. The van der Waals surface area contributed by atoms with Crippen LogP contribution in [0.2, 0.25) is 0 Å². The Kier molecular flexibility index (Phi) is 7.01. The summed E-state index contributed by atoms with van der Waals surface area (Å²) in [4.78, 5) is 14.1. The van der Waals surface area contributed by atoms with Crippen LogP contribution >= 0.6 is 0 Å². The number of ether oxygens (including phenoxy) is 1. The Morgan fingerprint density at radius 1 is 1.21 bits per heavy atom. The van der Waals surface area contributed by atoms with Crippen molar-refractivity contribution in [1.29, 1.82) is 0 Å². The Morgan fingerprint density at radius 3 is 2.67 bits per heavy atom. The van der Waals surface area contributed by atoms with Gasteiger partial charge in [0.05, 0.1) is 18.8 Å². The minimum absolute atomic E-state index is 0.156. The monoisotopic (exact) mass is 345 g/mol. The molecule has 134 valence electrons. The molecule has 0 saturated carbocycles. The molecule has 1 saturated heterocycles. The lowest BCUT2D eigenvalue weighted by molar-refractivity contribution is -0.137. The summed E-state index contributed by atoms with van der Waals surface area (Å²) in [6.07, 6.45) is -4.21. The summed E-state index contributed by atoms with van der Waals surface area (Å²) in [5, 5.41) is 5.65. The molecule has 1 amide bonds. The predicted octanol–water partition coefficient (Wildman–Crippen LogP) is 1.96. The number of benzene rings is 1. The van der Waals surface area contributed by atoms with Gasteiger partial charge in [0.15, 0.2) is 0 Å². The van der Waals surface area contributed by atoms with Crippen molar-refractivity contribution in [2.45, 2.75) is 12.6 Å². The number of amides is 1. The van der Waals surface area contributed by atoms with Gasteiger partial charge in [-0.25, -0.2) is 0 Å². The minimum atomic E-state index is -4.41. The van der Waals surface area contributed by atoms with E-state index in [9.17, 15) is 18.0 Å². The zero-order valence-electron chi connectivity index (χ0n) is 13.4. The van der Waals surface area contributed by atoms with E-state index in [1.807, 2.05) is 0 Å². The number of halogens is 3. The molecule has 0 unspecified atom stereocenters. The quantitative estimate of drug-likeness (QED) is 0.742. The number of nitrogens with zero attached hydrogens (tertiary/aromatic N) is 1. The summed E-state index contributed by atoms with van der Waals surface area (Å²) >= 11 is 0.